The number of anilines is 1. The molecule has 5 heteroatoms. The second kappa shape index (κ2) is 3.15. The Labute approximate surface area is 94.1 Å². The Kier molecular flexibility index (Phi) is 2.28. The van der Waals surface area contributed by atoms with Crippen LogP contribution in [0.2, 0.25) is 0 Å². The largest absolute Gasteiger partial charge is 0.386 e. The van der Waals surface area contributed by atoms with E-state index in [1.54, 1.807) is 0 Å². The van der Waals surface area contributed by atoms with Crippen LogP contribution in [0.4, 0.5) is 5.13 Å². The first kappa shape index (κ1) is 10.8. The molecule has 84 valence electrons. The van der Waals surface area contributed by atoms with Gasteiger partial charge in [-0.2, -0.15) is 4.37 Å². The summed E-state index contributed by atoms with van der Waals surface area (Å²) in [6.07, 6.45) is 0. The highest BCUT2D eigenvalue weighted by molar-refractivity contribution is 7.09. The van der Waals surface area contributed by atoms with Crippen molar-refractivity contribution in [2.24, 2.45) is 0 Å². The van der Waals surface area contributed by atoms with Gasteiger partial charge < -0.3 is 10.0 Å². The molecule has 1 N–H and O–H groups in total. The molecule has 0 atom stereocenters. The van der Waals surface area contributed by atoms with Crippen molar-refractivity contribution in [3.8, 4) is 0 Å². The second-order valence-electron chi connectivity index (χ2n) is 5.50. The highest BCUT2D eigenvalue weighted by Crippen LogP contribution is 2.31. The quantitative estimate of drug-likeness (QED) is 0.788. The van der Waals surface area contributed by atoms with E-state index < -0.39 is 5.60 Å². The zero-order chi connectivity index (χ0) is 11.3. The van der Waals surface area contributed by atoms with E-state index in [0.717, 1.165) is 11.0 Å². The Morgan fingerprint density at radius 2 is 2.00 bits per heavy atom. The maximum atomic E-state index is 9.63. The Balaban J connectivity index is 2.10. The van der Waals surface area contributed by atoms with Crippen molar-refractivity contribution in [3.05, 3.63) is 5.82 Å². The first-order valence-corrected chi connectivity index (χ1v) is 5.87. The number of β-amino-alcohol motifs (C(OH)–C–C–N with tert-alkyl or cyclic N) is 1. The van der Waals surface area contributed by atoms with E-state index in [2.05, 4.69) is 35.0 Å². The molecule has 0 unspecified atom stereocenters. The molecule has 0 aliphatic carbocycles. The normalized spacial score (nSPS) is 20.2. The van der Waals surface area contributed by atoms with Gasteiger partial charge in [-0.05, 0) is 6.92 Å². The Hall–Kier alpha value is -0.680. The van der Waals surface area contributed by atoms with Crippen LogP contribution in [0.15, 0.2) is 0 Å². The van der Waals surface area contributed by atoms with Crippen molar-refractivity contribution in [1.29, 1.82) is 0 Å². The predicted octanol–water partition coefficient (Wildman–Crippen LogP) is 1.41. The SMILES string of the molecule is CC1(O)CN(c2nc(C(C)(C)C)ns2)C1. The molecular weight excluding hydrogens is 210 g/mol. The van der Waals surface area contributed by atoms with Gasteiger partial charge >= 0.3 is 0 Å². The molecule has 4 nitrogen and oxygen atoms in total. The third-order valence-electron chi connectivity index (χ3n) is 2.42. The molecular formula is C10H17N3OS. The molecule has 0 saturated carbocycles. The summed E-state index contributed by atoms with van der Waals surface area (Å²) in [6, 6.07) is 0. The fraction of sp³-hybridized carbons (Fsp3) is 0.800. The van der Waals surface area contributed by atoms with Crippen LogP contribution in [0, 0.1) is 0 Å². The van der Waals surface area contributed by atoms with Crippen molar-refractivity contribution < 1.29 is 5.11 Å². The third kappa shape index (κ3) is 2.13. The van der Waals surface area contributed by atoms with Crippen LogP contribution < -0.4 is 4.90 Å². The number of aliphatic hydroxyl groups is 1. The van der Waals surface area contributed by atoms with Gasteiger partial charge in [0.05, 0.1) is 18.7 Å². The van der Waals surface area contributed by atoms with Crippen molar-refractivity contribution in [1.82, 2.24) is 9.36 Å². The van der Waals surface area contributed by atoms with E-state index in [4.69, 9.17) is 0 Å². The van der Waals surface area contributed by atoms with Gasteiger partial charge in [0.2, 0.25) is 5.13 Å². The first-order valence-electron chi connectivity index (χ1n) is 5.09. The van der Waals surface area contributed by atoms with Gasteiger partial charge in [0.15, 0.2) is 0 Å². The smallest absolute Gasteiger partial charge is 0.205 e. The highest BCUT2D eigenvalue weighted by atomic mass is 32.1. The van der Waals surface area contributed by atoms with Crippen LogP contribution in [-0.4, -0.2) is 33.2 Å². The standard InChI is InChI=1S/C10H17N3OS/c1-9(2,3)7-11-8(15-12-7)13-5-10(4,14)6-13/h14H,5-6H2,1-4H3. The van der Waals surface area contributed by atoms with Gasteiger partial charge in [-0.1, -0.05) is 20.8 Å². The summed E-state index contributed by atoms with van der Waals surface area (Å²) < 4.78 is 4.35. The van der Waals surface area contributed by atoms with Gasteiger partial charge in [0, 0.05) is 16.9 Å². The molecule has 2 heterocycles. The maximum Gasteiger partial charge on any atom is 0.205 e. The molecule has 1 aromatic heterocycles. The van der Waals surface area contributed by atoms with Crippen LogP contribution in [0.25, 0.3) is 0 Å². The second-order valence-corrected chi connectivity index (χ2v) is 6.23. The average molecular weight is 227 g/mol. The molecule has 0 aromatic carbocycles. The number of hydrogen-bond donors (Lipinski definition) is 1. The van der Waals surface area contributed by atoms with Crippen molar-refractivity contribution >= 4 is 16.7 Å². The van der Waals surface area contributed by atoms with Gasteiger partial charge in [-0.3, -0.25) is 0 Å². The number of aromatic nitrogens is 2. The van der Waals surface area contributed by atoms with Gasteiger partial charge in [-0.25, -0.2) is 4.98 Å². The van der Waals surface area contributed by atoms with Crippen molar-refractivity contribution in [3.63, 3.8) is 0 Å². The summed E-state index contributed by atoms with van der Waals surface area (Å²) in [4.78, 5) is 6.55. The molecule has 1 fully saturated rings. The van der Waals surface area contributed by atoms with Crippen LogP contribution in [0.1, 0.15) is 33.5 Å². The van der Waals surface area contributed by atoms with Gasteiger partial charge in [0.1, 0.15) is 5.82 Å². The summed E-state index contributed by atoms with van der Waals surface area (Å²) in [5.41, 5.74) is -0.546. The fourth-order valence-corrected chi connectivity index (χ4v) is 2.41. The minimum Gasteiger partial charge on any atom is -0.386 e. The van der Waals surface area contributed by atoms with Gasteiger partial charge in [0.25, 0.3) is 0 Å². The number of rotatable bonds is 1. The van der Waals surface area contributed by atoms with E-state index in [9.17, 15) is 5.11 Å². The highest BCUT2D eigenvalue weighted by Gasteiger charge is 2.38. The minimum absolute atomic E-state index is 0.00212. The van der Waals surface area contributed by atoms with E-state index in [-0.39, 0.29) is 5.41 Å². The Bertz CT molecular complexity index is 359. The zero-order valence-electron chi connectivity index (χ0n) is 9.61. The molecule has 1 saturated heterocycles. The van der Waals surface area contributed by atoms with Crippen molar-refractivity contribution in [2.45, 2.75) is 38.7 Å². The van der Waals surface area contributed by atoms with Crippen LogP contribution in [0.5, 0.6) is 0 Å². The third-order valence-corrected chi connectivity index (χ3v) is 3.20. The van der Waals surface area contributed by atoms with Crippen LogP contribution in [-0.2, 0) is 5.41 Å². The molecule has 1 aliphatic rings. The molecule has 1 aliphatic heterocycles. The van der Waals surface area contributed by atoms with Crippen molar-refractivity contribution in [2.75, 3.05) is 18.0 Å². The maximum absolute atomic E-state index is 9.63. The molecule has 0 spiro atoms. The number of hydrogen-bond acceptors (Lipinski definition) is 5. The van der Waals surface area contributed by atoms with Crippen LogP contribution in [0.3, 0.4) is 0 Å². The average Bonchev–Trinajstić information content (AvgIpc) is 2.45. The Morgan fingerprint density at radius 1 is 1.40 bits per heavy atom. The predicted molar refractivity (Wildman–Crippen MR) is 61.4 cm³/mol. The molecule has 0 bridgehead atoms. The zero-order valence-corrected chi connectivity index (χ0v) is 10.4. The van der Waals surface area contributed by atoms with Crippen LogP contribution >= 0.6 is 11.5 Å². The fourth-order valence-electron chi connectivity index (χ4n) is 1.56. The summed E-state index contributed by atoms with van der Waals surface area (Å²) in [6.45, 7) is 9.47. The van der Waals surface area contributed by atoms with E-state index in [1.807, 2.05) is 6.92 Å². The topological polar surface area (TPSA) is 49.2 Å². The van der Waals surface area contributed by atoms with E-state index in [1.165, 1.54) is 11.5 Å². The van der Waals surface area contributed by atoms with E-state index >= 15 is 0 Å². The van der Waals surface area contributed by atoms with E-state index in [0.29, 0.717) is 13.1 Å². The lowest BCUT2D eigenvalue weighted by Gasteiger charge is -2.43. The lowest BCUT2D eigenvalue weighted by Crippen LogP contribution is -2.60. The molecule has 1 aromatic rings. The lowest BCUT2D eigenvalue weighted by molar-refractivity contribution is 0.0310. The molecule has 0 amide bonds. The van der Waals surface area contributed by atoms with Gasteiger partial charge in [-0.15, -0.1) is 0 Å². The molecule has 15 heavy (non-hydrogen) atoms. The minimum atomic E-state index is -0.548. The number of nitrogens with zero attached hydrogens (tertiary/aromatic N) is 3. The monoisotopic (exact) mass is 227 g/mol. The lowest BCUT2D eigenvalue weighted by atomic mass is 9.96. The summed E-state index contributed by atoms with van der Waals surface area (Å²) >= 11 is 1.41. The summed E-state index contributed by atoms with van der Waals surface area (Å²) in [5, 5.41) is 10.5. The first-order chi connectivity index (χ1) is 6.78. The molecule has 0 radical (unpaired) electrons. The molecule has 2 rings (SSSR count). The Morgan fingerprint density at radius 3 is 2.40 bits per heavy atom. The summed E-state index contributed by atoms with van der Waals surface area (Å²) in [7, 11) is 0. The summed E-state index contributed by atoms with van der Waals surface area (Å²) in [5.74, 6) is 0.883.